The third kappa shape index (κ3) is 6.15. The number of hydroxylamine groups is 1. The highest BCUT2D eigenvalue weighted by Gasteiger charge is 2.49. The van der Waals surface area contributed by atoms with Crippen molar-refractivity contribution < 1.29 is 27.6 Å². The fourth-order valence-electron chi connectivity index (χ4n) is 4.69. The summed E-state index contributed by atoms with van der Waals surface area (Å²) in [6, 6.07) is 11.0. The van der Waals surface area contributed by atoms with Crippen LogP contribution in [0.1, 0.15) is 56.2 Å². The molecule has 2 saturated heterocycles. The number of carbonyl (C=O) groups is 2. The number of rotatable bonds is 9. The molecule has 4 rings (SSSR count). The molecule has 36 heavy (non-hydrogen) atoms. The number of thiophene rings is 1. The summed E-state index contributed by atoms with van der Waals surface area (Å²) < 4.78 is 31.0. The average molecular weight is 536 g/mol. The van der Waals surface area contributed by atoms with Crippen LogP contribution in [-0.4, -0.2) is 45.4 Å². The Morgan fingerprint density at radius 3 is 2.75 bits per heavy atom. The number of hydrogen-bond donors (Lipinski definition) is 3. The zero-order chi connectivity index (χ0) is 25.6. The maximum absolute atomic E-state index is 13.4. The van der Waals surface area contributed by atoms with Gasteiger partial charge in [-0.2, -0.15) is 0 Å². The lowest BCUT2D eigenvalue weighted by molar-refractivity contribution is -0.200. The Morgan fingerprint density at radius 1 is 1.14 bits per heavy atom. The highest BCUT2D eigenvalue weighted by atomic mass is 32.2. The van der Waals surface area contributed by atoms with Crippen LogP contribution in [-0.2, 0) is 33.7 Å². The molecular weight excluding hydrogens is 502 g/mol. The van der Waals surface area contributed by atoms with E-state index in [9.17, 15) is 18.0 Å². The average Bonchev–Trinajstić information content (AvgIpc) is 3.36. The van der Waals surface area contributed by atoms with E-state index in [0.717, 1.165) is 29.7 Å². The van der Waals surface area contributed by atoms with Gasteiger partial charge in [-0.1, -0.05) is 18.6 Å². The summed E-state index contributed by atoms with van der Waals surface area (Å²) in [4.78, 5) is 31.7. The molecule has 1 unspecified atom stereocenters. The van der Waals surface area contributed by atoms with Gasteiger partial charge in [0.2, 0.25) is 11.8 Å². The lowest BCUT2D eigenvalue weighted by Crippen LogP contribution is -2.45. The standard InChI is InChI=1S/C25H33N3O6S2/c26-13-11-22(29)27-19-7-5-6-18(16-19)20-9-10-21(35-20)25(12-2-4-15-36(25,31)32)17-23(30)28-34-24-8-1-3-14-33-24/h5-7,9-10,16,24H,1-4,8,11-15,17,26H2,(H,27,29)(H,28,30)/t24?,25-/m0/s1. The Labute approximate surface area is 215 Å². The first kappa shape index (κ1) is 26.7. The van der Waals surface area contributed by atoms with E-state index in [1.54, 1.807) is 12.1 Å². The molecule has 2 aliphatic heterocycles. The monoisotopic (exact) mass is 535 g/mol. The summed E-state index contributed by atoms with van der Waals surface area (Å²) in [5, 5.41) is 2.82. The third-order valence-electron chi connectivity index (χ3n) is 6.58. The quantitative estimate of drug-likeness (QED) is 0.418. The summed E-state index contributed by atoms with van der Waals surface area (Å²) in [6.45, 7) is 0.845. The van der Waals surface area contributed by atoms with Crippen LogP contribution < -0.4 is 16.5 Å². The van der Waals surface area contributed by atoms with Gasteiger partial charge in [0.15, 0.2) is 16.1 Å². The molecule has 2 amide bonds. The fraction of sp³-hybridized carbons (Fsp3) is 0.520. The molecular formula is C25H33N3O6S2. The number of amides is 2. The van der Waals surface area contributed by atoms with Crippen LogP contribution in [0.5, 0.6) is 0 Å². The van der Waals surface area contributed by atoms with E-state index in [-0.39, 0.29) is 31.0 Å². The largest absolute Gasteiger partial charge is 0.350 e. The minimum Gasteiger partial charge on any atom is -0.350 e. The molecule has 196 valence electrons. The first-order valence-corrected chi connectivity index (χ1v) is 14.8. The second-order valence-corrected chi connectivity index (χ2v) is 12.7. The predicted octanol–water partition coefficient (Wildman–Crippen LogP) is 3.46. The molecule has 11 heteroatoms. The lowest BCUT2D eigenvalue weighted by atomic mass is 9.94. The van der Waals surface area contributed by atoms with Gasteiger partial charge in [0.05, 0.1) is 12.2 Å². The summed E-state index contributed by atoms with van der Waals surface area (Å²) in [7, 11) is -3.58. The molecule has 0 saturated carbocycles. The van der Waals surface area contributed by atoms with Gasteiger partial charge in [-0.3, -0.25) is 9.59 Å². The lowest BCUT2D eigenvalue weighted by Gasteiger charge is -2.35. The number of ether oxygens (including phenoxy) is 1. The van der Waals surface area contributed by atoms with E-state index >= 15 is 0 Å². The zero-order valence-electron chi connectivity index (χ0n) is 20.2. The van der Waals surface area contributed by atoms with Crippen molar-refractivity contribution in [3.8, 4) is 10.4 Å². The molecule has 9 nitrogen and oxygen atoms in total. The Kier molecular flexibility index (Phi) is 8.78. The van der Waals surface area contributed by atoms with E-state index in [2.05, 4.69) is 10.8 Å². The van der Waals surface area contributed by atoms with Crippen molar-refractivity contribution in [2.45, 2.75) is 62.4 Å². The summed E-state index contributed by atoms with van der Waals surface area (Å²) >= 11 is 1.36. The van der Waals surface area contributed by atoms with E-state index in [1.807, 2.05) is 24.3 Å². The Bertz CT molecular complexity index is 1180. The maximum Gasteiger partial charge on any atom is 0.245 e. The van der Waals surface area contributed by atoms with Gasteiger partial charge in [0, 0.05) is 41.4 Å². The van der Waals surface area contributed by atoms with E-state index in [4.69, 9.17) is 15.3 Å². The number of sulfone groups is 1. The Balaban J connectivity index is 1.55. The number of benzene rings is 1. The molecule has 3 heterocycles. The van der Waals surface area contributed by atoms with Gasteiger partial charge in [-0.15, -0.1) is 11.3 Å². The van der Waals surface area contributed by atoms with Gasteiger partial charge in [-0.25, -0.2) is 18.7 Å². The number of carbonyl (C=O) groups excluding carboxylic acids is 2. The summed E-state index contributed by atoms with van der Waals surface area (Å²) in [6.07, 6.45) is 3.78. The number of hydrogen-bond acceptors (Lipinski definition) is 8. The molecule has 2 aliphatic rings. The maximum atomic E-state index is 13.4. The van der Waals surface area contributed by atoms with Gasteiger partial charge >= 0.3 is 0 Å². The fourth-order valence-corrected chi connectivity index (χ4v) is 8.47. The minimum atomic E-state index is -3.58. The molecule has 4 N–H and O–H groups in total. The highest BCUT2D eigenvalue weighted by molar-refractivity contribution is 7.92. The molecule has 0 bridgehead atoms. The molecule has 2 aromatic rings. The van der Waals surface area contributed by atoms with Crippen LogP contribution in [0.25, 0.3) is 10.4 Å². The Morgan fingerprint density at radius 2 is 2.00 bits per heavy atom. The molecule has 0 aliphatic carbocycles. The third-order valence-corrected chi connectivity index (χ3v) is 10.6. The number of anilines is 1. The summed E-state index contributed by atoms with van der Waals surface area (Å²) in [5.74, 6) is -0.599. The van der Waals surface area contributed by atoms with Crippen LogP contribution >= 0.6 is 11.3 Å². The van der Waals surface area contributed by atoms with E-state index < -0.39 is 26.8 Å². The SMILES string of the molecule is NCCC(=O)Nc1cccc(-c2ccc([C@@]3(CC(=O)NOC4CCCCO4)CCCCS3(=O)=O)s2)c1. The topological polar surface area (TPSA) is 137 Å². The van der Waals surface area contributed by atoms with Crippen LogP contribution in [0.2, 0.25) is 0 Å². The van der Waals surface area contributed by atoms with Crippen molar-refractivity contribution in [2.24, 2.45) is 5.73 Å². The molecule has 0 spiro atoms. The van der Waals surface area contributed by atoms with Crippen LogP contribution in [0.15, 0.2) is 36.4 Å². The first-order chi connectivity index (χ1) is 17.3. The molecule has 2 fully saturated rings. The molecule has 1 aromatic heterocycles. The van der Waals surface area contributed by atoms with E-state index in [1.165, 1.54) is 11.3 Å². The zero-order valence-corrected chi connectivity index (χ0v) is 21.8. The number of nitrogens with one attached hydrogen (secondary N) is 2. The van der Waals surface area contributed by atoms with Gasteiger partial charge in [0.25, 0.3) is 0 Å². The predicted molar refractivity (Wildman–Crippen MR) is 139 cm³/mol. The number of nitrogens with two attached hydrogens (primary N) is 1. The van der Waals surface area contributed by atoms with E-state index in [0.29, 0.717) is 36.4 Å². The Hall–Kier alpha value is -2.31. The first-order valence-electron chi connectivity index (χ1n) is 12.3. The summed E-state index contributed by atoms with van der Waals surface area (Å²) in [5.41, 5.74) is 9.38. The molecule has 1 aromatic carbocycles. The second-order valence-electron chi connectivity index (χ2n) is 9.22. The van der Waals surface area contributed by atoms with Crippen LogP contribution in [0.3, 0.4) is 0 Å². The van der Waals surface area contributed by atoms with Crippen molar-refractivity contribution >= 4 is 38.7 Å². The minimum absolute atomic E-state index is 0.0444. The smallest absolute Gasteiger partial charge is 0.245 e. The van der Waals surface area contributed by atoms with Gasteiger partial charge in [0.1, 0.15) is 4.75 Å². The second kappa shape index (κ2) is 11.8. The van der Waals surface area contributed by atoms with Crippen molar-refractivity contribution in [2.75, 3.05) is 24.2 Å². The molecule has 0 radical (unpaired) electrons. The van der Waals surface area contributed by atoms with Crippen LogP contribution in [0, 0.1) is 0 Å². The van der Waals surface area contributed by atoms with Crippen molar-refractivity contribution in [1.82, 2.24) is 5.48 Å². The van der Waals surface area contributed by atoms with Crippen molar-refractivity contribution in [3.63, 3.8) is 0 Å². The van der Waals surface area contributed by atoms with Crippen LogP contribution in [0.4, 0.5) is 5.69 Å². The van der Waals surface area contributed by atoms with Crippen molar-refractivity contribution in [1.29, 1.82) is 0 Å². The highest BCUT2D eigenvalue weighted by Crippen LogP contribution is 2.47. The van der Waals surface area contributed by atoms with Crippen molar-refractivity contribution in [3.05, 3.63) is 41.3 Å². The molecule has 2 atom stereocenters. The normalized spacial score (nSPS) is 23.6. The van der Waals surface area contributed by atoms with Gasteiger partial charge in [-0.05, 0) is 55.5 Å². The van der Waals surface area contributed by atoms with Gasteiger partial charge < -0.3 is 15.8 Å².